The van der Waals surface area contributed by atoms with Crippen LogP contribution < -0.4 is 0 Å². The fraction of sp³-hybridized carbons (Fsp3) is 0.762. The van der Waals surface area contributed by atoms with E-state index in [4.69, 9.17) is 0 Å². The maximum Gasteiger partial charge on any atom is 0.178 e. The molecule has 7 heteroatoms. The Hall–Kier alpha value is -1.12. The van der Waals surface area contributed by atoms with Crippen LogP contribution in [-0.2, 0) is 4.79 Å². The Morgan fingerprint density at radius 2 is 1.93 bits per heavy atom. The molecular weight excluding hydrogens is 367 g/mol. The number of hydrogen-bond donors (Lipinski definition) is 5. The number of rotatable bonds is 2. The molecule has 0 heterocycles. The zero-order chi connectivity index (χ0) is 20.7. The van der Waals surface area contributed by atoms with Gasteiger partial charge in [-0.2, -0.15) is 0 Å². The summed E-state index contributed by atoms with van der Waals surface area (Å²) in [6, 6.07) is 0. The molecule has 4 aliphatic carbocycles. The van der Waals surface area contributed by atoms with Crippen LogP contribution in [0.1, 0.15) is 39.5 Å². The lowest BCUT2D eigenvalue weighted by molar-refractivity contribution is -0.248. The topological polar surface area (TPSA) is 118 Å². The van der Waals surface area contributed by atoms with Crippen LogP contribution in [0.15, 0.2) is 23.8 Å². The van der Waals surface area contributed by atoms with E-state index in [1.54, 1.807) is 19.9 Å². The third kappa shape index (κ3) is 2.07. The van der Waals surface area contributed by atoms with Gasteiger partial charge in [0.1, 0.15) is 11.7 Å². The second kappa shape index (κ2) is 5.95. The van der Waals surface area contributed by atoms with E-state index in [1.165, 1.54) is 12.2 Å². The van der Waals surface area contributed by atoms with Crippen molar-refractivity contribution in [2.75, 3.05) is 6.61 Å². The minimum absolute atomic E-state index is 0.0743. The molecule has 0 amide bonds. The normalized spacial score (nSPS) is 53.9. The Balaban J connectivity index is 1.83. The summed E-state index contributed by atoms with van der Waals surface area (Å²) in [5.74, 6) is -1.36. The number of hydrogen-bond acceptors (Lipinski definition) is 6. The molecule has 0 aromatic rings. The summed E-state index contributed by atoms with van der Waals surface area (Å²) in [7, 11) is 0. The highest BCUT2D eigenvalue weighted by molar-refractivity contribution is 6.01. The number of aliphatic hydroxyl groups excluding tert-OH is 4. The van der Waals surface area contributed by atoms with Crippen molar-refractivity contribution >= 4 is 5.78 Å². The van der Waals surface area contributed by atoms with Gasteiger partial charge in [0.05, 0.1) is 18.8 Å². The van der Waals surface area contributed by atoms with E-state index in [0.717, 1.165) is 0 Å². The lowest BCUT2D eigenvalue weighted by atomic mass is 9.44. The Bertz CT molecular complexity index is 766. The van der Waals surface area contributed by atoms with Crippen molar-refractivity contribution < 1.29 is 34.7 Å². The molecule has 156 valence electrons. The van der Waals surface area contributed by atoms with Gasteiger partial charge in [0, 0.05) is 16.7 Å². The number of fused-ring (bicyclic) bond motifs is 5. The van der Waals surface area contributed by atoms with Gasteiger partial charge >= 0.3 is 0 Å². The van der Waals surface area contributed by atoms with Gasteiger partial charge in [-0.15, -0.1) is 0 Å². The van der Waals surface area contributed by atoms with E-state index >= 15 is 4.39 Å². The Kier molecular flexibility index (Phi) is 4.29. The molecular formula is C21H29FO6. The van der Waals surface area contributed by atoms with Gasteiger partial charge in [-0.1, -0.05) is 18.6 Å². The van der Waals surface area contributed by atoms with Crippen LogP contribution in [-0.4, -0.2) is 67.5 Å². The van der Waals surface area contributed by atoms with E-state index in [-0.39, 0.29) is 18.6 Å². The molecule has 0 aromatic heterocycles. The van der Waals surface area contributed by atoms with E-state index < -0.39 is 58.9 Å². The molecule has 0 aromatic carbocycles. The van der Waals surface area contributed by atoms with E-state index in [0.29, 0.717) is 18.4 Å². The molecule has 28 heavy (non-hydrogen) atoms. The lowest BCUT2D eigenvalue weighted by Gasteiger charge is -2.63. The van der Waals surface area contributed by atoms with Crippen LogP contribution in [0.3, 0.4) is 0 Å². The number of carbonyl (C=O) groups excluding carboxylic acids is 1. The molecule has 3 saturated carbocycles. The Morgan fingerprint density at radius 1 is 1.25 bits per heavy atom. The summed E-state index contributed by atoms with van der Waals surface area (Å²) >= 11 is 0. The highest BCUT2D eigenvalue weighted by Gasteiger charge is 2.75. The first-order chi connectivity index (χ1) is 13.0. The van der Waals surface area contributed by atoms with E-state index in [9.17, 15) is 30.3 Å². The second-order valence-electron chi connectivity index (χ2n) is 9.54. The average Bonchev–Trinajstić information content (AvgIpc) is 2.84. The van der Waals surface area contributed by atoms with E-state index in [2.05, 4.69) is 0 Å². The van der Waals surface area contributed by atoms with Gasteiger partial charge in [-0.05, 0) is 50.7 Å². The van der Waals surface area contributed by atoms with Crippen molar-refractivity contribution in [3.63, 3.8) is 0 Å². The number of halogens is 1. The molecule has 3 fully saturated rings. The van der Waals surface area contributed by atoms with Gasteiger partial charge in [0.25, 0.3) is 0 Å². The maximum absolute atomic E-state index is 16.8. The van der Waals surface area contributed by atoms with Gasteiger partial charge in [-0.25, -0.2) is 4.39 Å². The van der Waals surface area contributed by atoms with Crippen molar-refractivity contribution in [1.82, 2.24) is 0 Å². The summed E-state index contributed by atoms with van der Waals surface area (Å²) in [4.78, 5) is 11.8. The van der Waals surface area contributed by atoms with Gasteiger partial charge < -0.3 is 25.5 Å². The molecule has 0 bridgehead atoms. The van der Waals surface area contributed by atoms with Gasteiger partial charge in [0.15, 0.2) is 11.5 Å². The predicted molar refractivity (Wildman–Crippen MR) is 97.8 cm³/mol. The monoisotopic (exact) mass is 396 g/mol. The molecule has 0 spiro atoms. The SMILES string of the molecule is C[C@]12C=CC(=O)C=C1CC[C@H]1[C@@H]3C[C@@H](O)[C@](O)(C(O)CO)[C@@]3(C)C[C@H](O)[C@@]12F. The smallest absolute Gasteiger partial charge is 0.178 e. The van der Waals surface area contributed by atoms with Crippen LogP contribution in [0.2, 0.25) is 0 Å². The minimum atomic E-state index is -2.06. The summed E-state index contributed by atoms with van der Waals surface area (Å²) in [5, 5.41) is 52.7. The first-order valence-corrected chi connectivity index (χ1v) is 9.97. The summed E-state index contributed by atoms with van der Waals surface area (Å²) in [5.41, 5.74) is -5.76. The summed E-state index contributed by atoms with van der Waals surface area (Å²) in [6.07, 6.45) is 0.691. The van der Waals surface area contributed by atoms with Crippen molar-refractivity contribution in [2.24, 2.45) is 22.7 Å². The van der Waals surface area contributed by atoms with Crippen molar-refractivity contribution in [2.45, 2.75) is 69.1 Å². The lowest BCUT2D eigenvalue weighted by Crippen LogP contribution is -2.70. The molecule has 1 unspecified atom stereocenters. The maximum atomic E-state index is 16.8. The number of allylic oxidation sites excluding steroid dienone is 4. The highest BCUT2D eigenvalue weighted by Crippen LogP contribution is 2.69. The molecule has 0 saturated heterocycles. The van der Waals surface area contributed by atoms with Crippen LogP contribution in [0.5, 0.6) is 0 Å². The van der Waals surface area contributed by atoms with Crippen molar-refractivity contribution in [3.05, 3.63) is 23.8 Å². The van der Waals surface area contributed by atoms with Crippen LogP contribution in [0, 0.1) is 22.7 Å². The zero-order valence-corrected chi connectivity index (χ0v) is 16.2. The second-order valence-corrected chi connectivity index (χ2v) is 9.54. The van der Waals surface area contributed by atoms with Gasteiger partial charge in [0.2, 0.25) is 0 Å². The number of ketones is 1. The van der Waals surface area contributed by atoms with E-state index in [1.807, 2.05) is 0 Å². The fourth-order valence-electron chi connectivity index (χ4n) is 7.00. The average molecular weight is 396 g/mol. The number of alkyl halides is 1. The van der Waals surface area contributed by atoms with Gasteiger partial charge in [-0.3, -0.25) is 4.79 Å². The first-order valence-electron chi connectivity index (χ1n) is 9.97. The zero-order valence-electron chi connectivity index (χ0n) is 16.2. The summed E-state index contributed by atoms with van der Waals surface area (Å²) < 4.78 is 16.8. The number of carbonyl (C=O) groups is 1. The Morgan fingerprint density at radius 3 is 2.57 bits per heavy atom. The molecule has 4 aliphatic rings. The van der Waals surface area contributed by atoms with Crippen LogP contribution >= 0.6 is 0 Å². The molecule has 4 rings (SSSR count). The third-order valence-corrected chi connectivity index (χ3v) is 8.61. The summed E-state index contributed by atoms with van der Waals surface area (Å²) in [6.45, 7) is 2.61. The molecule has 0 aliphatic heterocycles. The van der Waals surface area contributed by atoms with Crippen molar-refractivity contribution in [3.8, 4) is 0 Å². The van der Waals surface area contributed by atoms with Crippen LogP contribution in [0.25, 0.3) is 0 Å². The predicted octanol–water partition coefficient (Wildman–Crippen LogP) is 0.412. The van der Waals surface area contributed by atoms with Crippen LogP contribution in [0.4, 0.5) is 4.39 Å². The first kappa shape index (κ1) is 20.2. The highest BCUT2D eigenvalue weighted by atomic mass is 19.1. The largest absolute Gasteiger partial charge is 0.394 e. The Labute approximate surface area is 163 Å². The molecule has 5 N–H and O–H groups in total. The molecule has 9 atom stereocenters. The quantitative estimate of drug-likeness (QED) is 0.462. The standard InChI is InChI=1S/C21H29FO6/c1-18-6-5-12(24)7-11(18)3-4-13-14-8-15(25)21(28,17(27)10-23)19(14,2)9-16(26)20(13,18)22/h5-7,13-17,23,25-28H,3-4,8-10H2,1-2H3/t13-,14-,15+,16-,17?,18-,19-,20-,21-/m0/s1. The minimum Gasteiger partial charge on any atom is -0.394 e. The molecule has 6 nitrogen and oxygen atoms in total. The van der Waals surface area contributed by atoms with Crippen molar-refractivity contribution in [1.29, 1.82) is 0 Å². The molecule has 0 radical (unpaired) electrons. The fourth-order valence-corrected chi connectivity index (χ4v) is 7.00. The number of aliphatic hydroxyl groups is 5. The third-order valence-electron chi connectivity index (χ3n) is 8.61.